The molecule has 13 heavy (non-hydrogen) atoms. The first-order valence-electron chi connectivity index (χ1n) is 4.83. The lowest BCUT2D eigenvalue weighted by molar-refractivity contribution is -0.133. The van der Waals surface area contributed by atoms with E-state index in [4.69, 9.17) is 5.11 Å². The minimum Gasteiger partial charge on any atom is -0.478 e. The van der Waals surface area contributed by atoms with Gasteiger partial charge in [0.1, 0.15) is 0 Å². The summed E-state index contributed by atoms with van der Waals surface area (Å²) in [6.45, 7) is 11.9. The fraction of sp³-hybridized carbons (Fsp3) is 0.727. The van der Waals surface area contributed by atoms with Crippen LogP contribution < -0.4 is 0 Å². The summed E-state index contributed by atoms with van der Waals surface area (Å²) in [7, 11) is 0. The molecule has 0 aliphatic heterocycles. The van der Waals surface area contributed by atoms with Gasteiger partial charge in [-0.2, -0.15) is 0 Å². The fourth-order valence-electron chi connectivity index (χ4n) is 1.38. The van der Waals surface area contributed by atoms with Crippen molar-refractivity contribution < 1.29 is 9.90 Å². The third kappa shape index (κ3) is 3.21. The Bertz CT molecular complexity index is 196. The number of carboxylic acid groups (broad SMARTS) is 1. The van der Waals surface area contributed by atoms with Gasteiger partial charge in [-0.25, -0.2) is 4.79 Å². The minimum atomic E-state index is -0.873. The van der Waals surface area contributed by atoms with Gasteiger partial charge in [0, 0.05) is 5.57 Å². The van der Waals surface area contributed by atoms with Gasteiger partial charge in [0.2, 0.25) is 0 Å². The van der Waals surface area contributed by atoms with Gasteiger partial charge >= 0.3 is 5.97 Å². The van der Waals surface area contributed by atoms with Crippen molar-refractivity contribution in [3.63, 3.8) is 0 Å². The molecule has 0 amide bonds. The lowest BCUT2D eigenvalue weighted by Crippen LogP contribution is -2.21. The molecule has 0 aromatic carbocycles. The quantitative estimate of drug-likeness (QED) is 0.667. The monoisotopic (exact) mass is 184 g/mol. The Morgan fingerprint density at radius 3 is 2.15 bits per heavy atom. The molecule has 2 heteroatoms. The largest absolute Gasteiger partial charge is 0.478 e. The molecule has 0 bridgehead atoms. The minimum absolute atomic E-state index is 0.0625. The Morgan fingerprint density at radius 2 is 1.85 bits per heavy atom. The third-order valence-corrected chi connectivity index (χ3v) is 3.15. The summed E-state index contributed by atoms with van der Waals surface area (Å²) in [5.74, 6) is 0.120. The lowest BCUT2D eigenvalue weighted by Gasteiger charge is -2.25. The van der Waals surface area contributed by atoms with Crippen LogP contribution in [0.4, 0.5) is 0 Å². The van der Waals surface area contributed by atoms with Crippen LogP contribution in [-0.4, -0.2) is 11.1 Å². The summed E-state index contributed by atoms with van der Waals surface area (Å²) in [6.07, 6.45) is 1.08. The Kier molecular flexibility index (Phi) is 4.74. The van der Waals surface area contributed by atoms with Gasteiger partial charge in [0.15, 0.2) is 0 Å². The molecule has 2 nitrogen and oxygen atoms in total. The topological polar surface area (TPSA) is 37.3 Å². The van der Waals surface area contributed by atoms with Gasteiger partial charge in [0.05, 0.1) is 0 Å². The van der Waals surface area contributed by atoms with Crippen LogP contribution in [0, 0.1) is 17.8 Å². The van der Waals surface area contributed by atoms with E-state index in [1.807, 2.05) is 6.92 Å². The summed E-state index contributed by atoms with van der Waals surface area (Å²) >= 11 is 0. The van der Waals surface area contributed by atoms with E-state index in [2.05, 4.69) is 27.4 Å². The summed E-state index contributed by atoms with van der Waals surface area (Å²) in [5.41, 5.74) is 0.327. The molecular weight excluding hydrogens is 164 g/mol. The SMILES string of the molecule is C=C(C(=O)O)C(C)C(C)C(C)CC. The molecule has 1 N–H and O–H groups in total. The second kappa shape index (κ2) is 5.05. The molecule has 0 heterocycles. The highest BCUT2D eigenvalue weighted by Crippen LogP contribution is 2.27. The van der Waals surface area contributed by atoms with Crippen molar-refractivity contribution in [3.05, 3.63) is 12.2 Å². The van der Waals surface area contributed by atoms with Crippen molar-refractivity contribution in [2.24, 2.45) is 17.8 Å². The Hall–Kier alpha value is -0.790. The molecule has 0 aromatic heterocycles. The van der Waals surface area contributed by atoms with Crippen molar-refractivity contribution in [2.75, 3.05) is 0 Å². The van der Waals surface area contributed by atoms with Gasteiger partial charge < -0.3 is 5.11 Å². The van der Waals surface area contributed by atoms with Gasteiger partial charge in [0.25, 0.3) is 0 Å². The zero-order valence-electron chi connectivity index (χ0n) is 9.00. The van der Waals surface area contributed by atoms with Crippen molar-refractivity contribution >= 4 is 5.97 Å². The zero-order valence-corrected chi connectivity index (χ0v) is 9.00. The van der Waals surface area contributed by atoms with Crippen LogP contribution in [0.1, 0.15) is 34.1 Å². The number of hydrogen-bond acceptors (Lipinski definition) is 1. The highest BCUT2D eigenvalue weighted by atomic mass is 16.4. The molecule has 3 atom stereocenters. The maximum Gasteiger partial charge on any atom is 0.331 e. The summed E-state index contributed by atoms with van der Waals surface area (Å²) in [4.78, 5) is 10.7. The molecule has 0 saturated heterocycles. The first-order valence-corrected chi connectivity index (χ1v) is 4.83. The zero-order chi connectivity index (χ0) is 10.6. The molecule has 76 valence electrons. The van der Waals surface area contributed by atoms with E-state index in [0.717, 1.165) is 6.42 Å². The highest BCUT2D eigenvalue weighted by molar-refractivity contribution is 5.86. The fourth-order valence-corrected chi connectivity index (χ4v) is 1.38. The van der Waals surface area contributed by atoms with Crippen LogP contribution in [0.5, 0.6) is 0 Å². The second-order valence-corrected chi connectivity index (χ2v) is 3.86. The number of aliphatic carboxylic acids is 1. The van der Waals surface area contributed by atoms with Crippen LogP contribution in [0.2, 0.25) is 0 Å². The maximum atomic E-state index is 10.7. The molecule has 0 fully saturated rings. The van der Waals surface area contributed by atoms with Crippen molar-refractivity contribution in [2.45, 2.75) is 34.1 Å². The lowest BCUT2D eigenvalue weighted by atomic mass is 9.80. The molecule has 3 unspecified atom stereocenters. The third-order valence-electron chi connectivity index (χ3n) is 3.15. The van der Waals surface area contributed by atoms with Crippen molar-refractivity contribution in [1.29, 1.82) is 0 Å². The standard InChI is InChI=1S/C11H20O2/c1-6-7(2)8(3)9(4)10(5)11(12)13/h7-9H,5-6H2,1-4H3,(H,12,13). The number of hydrogen-bond donors (Lipinski definition) is 1. The highest BCUT2D eigenvalue weighted by Gasteiger charge is 2.23. The first-order chi connectivity index (χ1) is 5.91. The molecule has 0 aliphatic rings. The molecule has 0 aromatic rings. The predicted molar refractivity (Wildman–Crippen MR) is 54.6 cm³/mol. The van der Waals surface area contributed by atoms with E-state index in [9.17, 15) is 4.79 Å². The number of carbonyl (C=O) groups is 1. The van der Waals surface area contributed by atoms with Crippen LogP contribution in [0.3, 0.4) is 0 Å². The van der Waals surface area contributed by atoms with Gasteiger partial charge in [-0.3, -0.25) is 0 Å². The molecule has 0 spiro atoms. The summed E-state index contributed by atoms with van der Waals surface area (Å²) in [6, 6.07) is 0. The molecular formula is C11H20O2. The van der Waals surface area contributed by atoms with E-state index in [0.29, 0.717) is 17.4 Å². The van der Waals surface area contributed by atoms with Crippen molar-refractivity contribution in [3.8, 4) is 0 Å². The Morgan fingerprint density at radius 1 is 1.38 bits per heavy atom. The molecule has 0 aliphatic carbocycles. The Balaban J connectivity index is 4.33. The average Bonchev–Trinajstić information content (AvgIpc) is 2.12. The van der Waals surface area contributed by atoms with Gasteiger partial charge in [-0.15, -0.1) is 0 Å². The average molecular weight is 184 g/mol. The van der Waals surface area contributed by atoms with Gasteiger partial charge in [-0.1, -0.05) is 40.7 Å². The molecule has 0 radical (unpaired) electrons. The number of rotatable bonds is 5. The van der Waals surface area contributed by atoms with Crippen LogP contribution >= 0.6 is 0 Å². The van der Waals surface area contributed by atoms with Crippen molar-refractivity contribution in [1.82, 2.24) is 0 Å². The summed E-state index contributed by atoms with van der Waals surface area (Å²) < 4.78 is 0. The van der Waals surface area contributed by atoms with Crippen LogP contribution in [0.15, 0.2) is 12.2 Å². The van der Waals surface area contributed by atoms with E-state index >= 15 is 0 Å². The van der Waals surface area contributed by atoms with Crippen LogP contribution in [-0.2, 0) is 4.79 Å². The van der Waals surface area contributed by atoms with Gasteiger partial charge in [-0.05, 0) is 17.8 Å². The Labute approximate surface area is 80.7 Å². The van der Waals surface area contributed by atoms with E-state index < -0.39 is 5.97 Å². The number of carboxylic acids is 1. The second-order valence-electron chi connectivity index (χ2n) is 3.86. The van der Waals surface area contributed by atoms with Crippen LogP contribution in [0.25, 0.3) is 0 Å². The summed E-state index contributed by atoms with van der Waals surface area (Å²) in [5, 5.41) is 8.76. The smallest absolute Gasteiger partial charge is 0.331 e. The van der Waals surface area contributed by atoms with E-state index in [-0.39, 0.29) is 5.92 Å². The predicted octanol–water partition coefficient (Wildman–Crippen LogP) is 2.95. The maximum absolute atomic E-state index is 10.7. The normalized spacial score (nSPS) is 17.5. The molecule has 0 saturated carbocycles. The first kappa shape index (κ1) is 12.2. The van der Waals surface area contributed by atoms with E-state index in [1.54, 1.807) is 0 Å². The van der Waals surface area contributed by atoms with E-state index in [1.165, 1.54) is 0 Å². The molecule has 0 rings (SSSR count).